The Morgan fingerprint density at radius 3 is 2.52 bits per heavy atom. The molecule has 0 bridgehead atoms. The van der Waals surface area contributed by atoms with Gasteiger partial charge in [0.25, 0.3) is 0 Å². The van der Waals surface area contributed by atoms with Crippen molar-refractivity contribution in [1.29, 1.82) is 0 Å². The number of rotatable bonds is 0. The zero-order valence-corrected chi connectivity index (χ0v) is 13.8. The average Bonchev–Trinajstić information content (AvgIpc) is 2.84. The molecule has 0 radical (unpaired) electrons. The van der Waals surface area contributed by atoms with E-state index in [4.69, 9.17) is 0 Å². The second kappa shape index (κ2) is 3.80. The molecule has 0 saturated carbocycles. The molecule has 21 heavy (non-hydrogen) atoms. The van der Waals surface area contributed by atoms with Crippen molar-refractivity contribution in [3.63, 3.8) is 0 Å². The van der Waals surface area contributed by atoms with Gasteiger partial charge in [0.05, 0.1) is 0 Å². The summed E-state index contributed by atoms with van der Waals surface area (Å²) < 4.78 is 0. The maximum Gasteiger partial charge on any atom is -0.00134 e. The van der Waals surface area contributed by atoms with Crippen LogP contribution in [0, 0.1) is 10.8 Å². The van der Waals surface area contributed by atoms with Crippen molar-refractivity contribution in [2.75, 3.05) is 0 Å². The molecule has 0 aliphatic heterocycles. The van der Waals surface area contributed by atoms with Gasteiger partial charge < -0.3 is 0 Å². The van der Waals surface area contributed by atoms with Crippen LogP contribution in [0.1, 0.15) is 52.2 Å². The Hall–Kier alpha value is -1.56. The fraction of sp³-hybridized carbons (Fsp3) is 0.429. The maximum absolute atomic E-state index is 2.54. The number of fused-ring (bicyclic) bond motifs is 4. The Labute approximate surface area is 127 Å². The summed E-state index contributed by atoms with van der Waals surface area (Å²) in [5.74, 6) is 0. The highest BCUT2D eigenvalue weighted by Crippen LogP contribution is 2.50. The number of hydrogen-bond acceptors (Lipinski definition) is 0. The summed E-state index contributed by atoms with van der Waals surface area (Å²) in [6, 6.07) is 4.68. The number of allylic oxidation sites excluding steroid dienone is 3. The van der Waals surface area contributed by atoms with Crippen LogP contribution in [0.5, 0.6) is 0 Å². The Bertz CT molecular complexity index is 839. The van der Waals surface area contributed by atoms with Crippen LogP contribution in [0.2, 0.25) is 0 Å². The van der Waals surface area contributed by atoms with E-state index in [1.165, 1.54) is 28.0 Å². The Kier molecular flexibility index (Phi) is 2.37. The van der Waals surface area contributed by atoms with Gasteiger partial charge in [-0.25, -0.2) is 0 Å². The van der Waals surface area contributed by atoms with Crippen molar-refractivity contribution in [2.45, 2.75) is 47.5 Å². The lowest BCUT2D eigenvalue weighted by atomic mass is 9.64. The Balaban J connectivity index is 2.06. The van der Waals surface area contributed by atoms with Crippen LogP contribution in [0.3, 0.4) is 0 Å². The third-order valence-corrected chi connectivity index (χ3v) is 5.24. The molecule has 108 valence electrons. The monoisotopic (exact) mass is 276 g/mol. The van der Waals surface area contributed by atoms with E-state index in [-0.39, 0.29) is 5.41 Å². The van der Waals surface area contributed by atoms with Crippen molar-refractivity contribution >= 4 is 17.7 Å². The van der Waals surface area contributed by atoms with Crippen molar-refractivity contribution < 1.29 is 0 Å². The lowest BCUT2D eigenvalue weighted by Gasteiger charge is -2.40. The van der Waals surface area contributed by atoms with E-state index >= 15 is 0 Å². The van der Waals surface area contributed by atoms with Gasteiger partial charge in [0, 0.05) is 0 Å². The van der Waals surface area contributed by atoms with Crippen molar-refractivity contribution in [3.05, 3.63) is 50.9 Å². The van der Waals surface area contributed by atoms with Crippen LogP contribution in [0.15, 0.2) is 29.4 Å². The molecule has 0 amide bonds. The van der Waals surface area contributed by atoms with Crippen molar-refractivity contribution in [2.24, 2.45) is 10.8 Å². The smallest absolute Gasteiger partial charge is 0.00134 e. The highest BCUT2D eigenvalue weighted by molar-refractivity contribution is 5.81. The normalized spacial score (nSPS) is 23.8. The summed E-state index contributed by atoms with van der Waals surface area (Å²) >= 11 is 0. The molecule has 0 saturated heterocycles. The molecule has 1 aromatic carbocycles. The average molecular weight is 276 g/mol. The van der Waals surface area contributed by atoms with Gasteiger partial charge in [0.2, 0.25) is 0 Å². The SMILES string of the molecule is CC1=Cc2c3c(ccc2=C1)=C1C(=CC(C)(C)CC1(C)C)C3. The molecule has 0 atom stereocenters. The van der Waals surface area contributed by atoms with E-state index in [0.29, 0.717) is 5.41 Å². The summed E-state index contributed by atoms with van der Waals surface area (Å²) in [6.45, 7) is 11.8. The minimum absolute atomic E-state index is 0.272. The van der Waals surface area contributed by atoms with Gasteiger partial charge in [-0.2, -0.15) is 0 Å². The van der Waals surface area contributed by atoms with E-state index in [2.05, 4.69) is 65.0 Å². The minimum Gasteiger partial charge on any atom is -0.0750 e. The standard InChI is InChI=1S/C21H24/c1-13-8-14-6-7-16-18(17(14)9-13)10-15-11-20(2,3)12-21(4,5)19(15)16/h6-9,11H,10,12H2,1-5H3. The van der Waals surface area contributed by atoms with Gasteiger partial charge >= 0.3 is 0 Å². The van der Waals surface area contributed by atoms with E-state index in [0.717, 1.165) is 6.42 Å². The molecule has 0 spiro atoms. The fourth-order valence-corrected chi connectivity index (χ4v) is 5.04. The lowest BCUT2D eigenvalue weighted by Crippen LogP contribution is -2.30. The zero-order chi connectivity index (χ0) is 15.0. The summed E-state index contributed by atoms with van der Waals surface area (Å²) in [4.78, 5) is 0. The molecule has 3 aliphatic rings. The molecule has 3 aliphatic carbocycles. The molecule has 0 unspecified atom stereocenters. The number of benzene rings is 1. The van der Waals surface area contributed by atoms with Gasteiger partial charge in [0.15, 0.2) is 0 Å². The first-order valence-electron chi connectivity index (χ1n) is 8.06. The first-order valence-corrected chi connectivity index (χ1v) is 8.06. The molecule has 0 N–H and O–H groups in total. The van der Waals surface area contributed by atoms with Crippen LogP contribution in [0.25, 0.3) is 17.7 Å². The summed E-state index contributed by atoms with van der Waals surface area (Å²) in [5.41, 5.74) is 8.19. The highest BCUT2D eigenvalue weighted by Gasteiger charge is 2.40. The molecule has 4 rings (SSSR count). The molecule has 1 aromatic rings. The van der Waals surface area contributed by atoms with Gasteiger partial charge in [-0.05, 0) is 68.9 Å². The van der Waals surface area contributed by atoms with Crippen molar-refractivity contribution in [1.82, 2.24) is 0 Å². The van der Waals surface area contributed by atoms with Gasteiger partial charge in [0.1, 0.15) is 0 Å². The lowest BCUT2D eigenvalue weighted by molar-refractivity contribution is 0.292. The predicted molar refractivity (Wildman–Crippen MR) is 91.2 cm³/mol. The molecule has 0 nitrogen and oxygen atoms in total. The summed E-state index contributed by atoms with van der Waals surface area (Å²) in [5, 5.41) is 2.92. The zero-order valence-electron chi connectivity index (χ0n) is 13.8. The first-order chi connectivity index (χ1) is 9.77. The number of hydrogen-bond donors (Lipinski definition) is 0. The summed E-state index contributed by atoms with van der Waals surface area (Å²) in [6.07, 6.45) is 9.57. The van der Waals surface area contributed by atoms with Gasteiger partial charge in [-0.15, -0.1) is 0 Å². The molecule has 0 aromatic heterocycles. The molecule has 0 fully saturated rings. The quantitative estimate of drug-likeness (QED) is 0.672. The van der Waals surface area contributed by atoms with Crippen LogP contribution in [0.4, 0.5) is 0 Å². The van der Waals surface area contributed by atoms with Gasteiger partial charge in [-0.3, -0.25) is 0 Å². The van der Waals surface area contributed by atoms with Crippen LogP contribution >= 0.6 is 0 Å². The highest BCUT2D eigenvalue weighted by atomic mass is 14.4. The van der Waals surface area contributed by atoms with Crippen LogP contribution < -0.4 is 10.4 Å². The Morgan fingerprint density at radius 1 is 1.00 bits per heavy atom. The molecule has 0 heteroatoms. The van der Waals surface area contributed by atoms with Crippen molar-refractivity contribution in [3.8, 4) is 0 Å². The van der Waals surface area contributed by atoms with E-state index in [1.54, 1.807) is 16.7 Å². The molecular formula is C21H24. The predicted octanol–water partition coefficient (Wildman–Crippen LogP) is 3.97. The van der Waals surface area contributed by atoms with E-state index in [1.807, 2.05) is 0 Å². The molecule has 0 heterocycles. The largest absolute Gasteiger partial charge is 0.0750 e. The van der Waals surface area contributed by atoms with E-state index in [9.17, 15) is 0 Å². The van der Waals surface area contributed by atoms with E-state index < -0.39 is 0 Å². The Morgan fingerprint density at radius 2 is 1.76 bits per heavy atom. The first kappa shape index (κ1) is 13.1. The molecular weight excluding hydrogens is 252 g/mol. The van der Waals surface area contributed by atoms with Crippen LogP contribution in [-0.4, -0.2) is 0 Å². The van der Waals surface area contributed by atoms with Crippen LogP contribution in [-0.2, 0) is 6.42 Å². The third kappa shape index (κ3) is 1.81. The fourth-order valence-electron chi connectivity index (χ4n) is 5.04. The third-order valence-electron chi connectivity index (χ3n) is 5.24. The topological polar surface area (TPSA) is 0 Å². The second-order valence-corrected chi connectivity index (χ2v) is 8.40. The second-order valence-electron chi connectivity index (χ2n) is 8.40. The summed E-state index contributed by atoms with van der Waals surface area (Å²) in [7, 11) is 0. The maximum atomic E-state index is 2.54. The van der Waals surface area contributed by atoms with Gasteiger partial charge in [-0.1, -0.05) is 58.1 Å². The minimum atomic E-state index is 0.272.